The summed E-state index contributed by atoms with van der Waals surface area (Å²) in [6.07, 6.45) is 4.54. The molecular weight excluding hydrogens is 417 g/mol. The van der Waals surface area contributed by atoms with Crippen molar-refractivity contribution in [2.75, 3.05) is 10.6 Å². The van der Waals surface area contributed by atoms with E-state index < -0.39 is 5.91 Å². The Bertz CT molecular complexity index is 1470. The maximum absolute atomic E-state index is 14.3. The number of hydrogen-bond donors (Lipinski definition) is 2. The molecule has 0 radical (unpaired) electrons. The first-order valence-corrected chi connectivity index (χ1v) is 10.3. The first kappa shape index (κ1) is 20.3. The van der Waals surface area contributed by atoms with Crippen LogP contribution in [-0.2, 0) is 0 Å². The van der Waals surface area contributed by atoms with Crippen molar-refractivity contribution in [1.82, 2.24) is 15.0 Å². The van der Waals surface area contributed by atoms with E-state index in [1.807, 2.05) is 42.5 Å². The van der Waals surface area contributed by atoms with Gasteiger partial charge in [0, 0.05) is 29.2 Å². The number of amides is 1. The number of carbonyl (C=O) groups is 1. The molecule has 0 bridgehead atoms. The van der Waals surface area contributed by atoms with Gasteiger partial charge in [-0.2, -0.15) is 0 Å². The number of rotatable bonds is 5. The molecule has 0 aliphatic carbocycles. The summed E-state index contributed by atoms with van der Waals surface area (Å²) in [5, 5.41) is 8.12. The Morgan fingerprint density at radius 2 is 1.64 bits per heavy atom. The maximum Gasteiger partial charge on any atom is 0.274 e. The average Bonchev–Trinajstić information content (AvgIpc) is 2.85. The molecule has 160 valence electrons. The third-order valence-corrected chi connectivity index (χ3v) is 5.13. The summed E-state index contributed by atoms with van der Waals surface area (Å²) >= 11 is 0. The molecule has 33 heavy (non-hydrogen) atoms. The van der Waals surface area contributed by atoms with Crippen LogP contribution in [0.1, 0.15) is 10.5 Å². The molecule has 3 aromatic carbocycles. The SMILES string of the molecule is O=C(Nc1cnccc1-c1ccccc1F)c1ccnc(Nc2ccc3ccccc3c2)n1. The minimum atomic E-state index is -0.454. The summed E-state index contributed by atoms with van der Waals surface area (Å²) < 4.78 is 14.3. The van der Waals surface area contributed by atoms with Gasteiger partial charge < -0.3 is 10.6 Å². The smallest absolute Gasteiger partial charge is 0.274 e. The standard InChI is InChI=1S/C26H18FN5O/c27-22-8-4-3-7-20(22)21-11-13-28-16-24(21)31-25(33)23-12-14-29-26(32-23)30-19-10-9-17-5-1-2-6-18(17)15-19/h1-16H,(H,31,33)(H,29,30,32). The van der Waals surface area contributed by atoms with E-state index in [1.54, 1.807) is 30.5 Å². The molecule has 5 aromatic rings. The Kier molecular flexibility index (Phi) is 5.43. The van der Waals surface area contributed by atoms with Crippen LogP contribution in [0, 0.1) is 5.82 Å². The Balaban J connectivity index is 1.38. The van der Waals surface area contributed by atoms with E-state index >= 15 is 0 Å². The molecule has 2 aromatic heterocycles. The highest BCUT2D eigenvalue weighted by Gasteiger charge is 2.14. The quantitative estimate of drug-likeness (QED) is 0.363. The first-order chi connectivity index (χ1) is 16.2. The van der Waals surface area contributed by atoms with Gasteiger partial charge in [-0.05, 0) is 41.1 Å². The largest absolute Gasteiger partial charge is 0.324 e. The van der Waals surface area contributed by atoms with Gasteiger partial charge in [0.1, 0.15) is 11.5 Å². The number of halogens is 1. The Morgan fingerprint density at radius 3 is 2.52 bits per heavy atom. The molecule has 0 spiro atoms. The van der Waals surface area contributed by atoms with Crippen molar-refractivity contribution in [1.29, 1.82) is 0 Å². The second kappa shape index (κ2) is 8.84. The van der Waals surface area contributed by atoms with Gasteiger partial charge in [-0.25, -0.2) is 14.4 Å². The summed E-state index contributed by atoms with van der Waals surface area (Å²) in [5.41, 5.74) is 2.25. The van der Waals surface area contributed by atoms with Gasteiger partial charge in [-0.1, -0.05) is 48.5 Å². The van der Waals surface area contributed by atoms with Crippen LogP contribution in [-0.4, -0.2) is 20.9 Å². The second-order valence-electron chi connectivity index (χ2n) is 7.31. The lowest BCUT2D eigenvalue weighted by Crippen LogP contribution is -2.15. The summed E-state index contributed by atoms with van der Waals surface area (Å²) in [5.74, 6) is -0.550. The number of hydrogen-bond acceptors (Lipinski definition) is 5. The zero-order valence-corrected chi connectivity index (χ0v) is 17.4. The van der Waals surface area contributed by atoms with Crippen LogP contribution in [0.2, 0.25) is 0 Å². The number of nitrogens with one attached hydrogen (secondary N) is 2. The molecule has 1 amide bonds. The second-order valence-corrected chi connectivity index (χ2v) is 7.31. The molecule has 2 heterocycles. The third-order valence-electron chi connectivity index (χ3n) is 5.13. The van der Waals surface area contributed by atoms with Crippen molar-refractivity contribution in [3.05, 3.63) is 109 Å². The molecule has 2 N–H and O–H groups in total. The molecule has 0 aliphatic rings. The predicted octanol–water partition coefficient (Wildman–Crippen LogP) is 5.83. The molecule has 0 aliphatic heterocycles. The fourth-order valence-corrected chi connectivity index (χ4v) is 3.54. The van der Waals surface area contributed by atoms with Crippen LogP contribution in [0.15, 0.2) is 97.5 Å². The van der Waals surface area contributed by atoms with Crippen molar-refractivity contribution in [2.45, 2.75) is 0 Å². The molecule has 6 nitrogen and oxygen atoms in total. The van der Waals surface area contributed by atoms with Crippen LogP contribution < -0.4 is 10.6 Å². The van der Waals surface area contributed by atoms with E-state index in [0.717, 1.165) is 16.5 Å². The fourth-order valence-electron chi connectivity index (χ4n) is 3.54. The summed E-state index contributed by atoms with van der Waals surface area (Å²) in [6.45, 7) is 0. The Morgan fingerprint density at radius 1 is 0.818 bits per heavy atom. The Labute approximate surface area is 189 Å². The number of carbonyl (C=O) groups excluding carboxylic acids is 1. The van der Waals surface area contributed by atoms with Crippen molar-refractivity contribution < 1.29 is 9.18 Å². The molecule has 7 heteroatoms. The predicted molar refractivity (Wildman–Crippen MR) is 127 cm³/mol. The molecule has 0 fully saturated rings. The molecule has 0 unspecified atom stereocenters. The van der Waals surface area contributed by atoms with Crippen LogP contribution >= 0.6 is 0 Å². The number of benzene rings is 3. The molecule has 5 rings (SSSR count). The molecule has 0 saturated heterocycles. The third kappa shape index (κ3) is 4.38. The molecular formula is C26H18FN5O. The minimum absolute atomic E-state index is 0.164. The zero-order valence-electron chi connectivity index (χ0n) is 17.4. The van der Waals surface area contributed by atoms with Gasteiger partial charge in [0.2, 0.25) is 5.95 Å². The number of fused-ring (bicyclic) bond motifs is 1. The van der Waals surface area contributed by atoms with E-state index in [2.05, 4.69) is 25.6 Å². The minimum Gasteiger partial charge on any atom is -0.324 e. The molecule has 0 atom stereocenters. The number of anilines is 3. The number of pyridine rings is 1. The van der Waals surface area contributed by atoms with Crippen molar-refractivity contribution in [3.63, 3.8) is 0 Å². The van der Waals surface area contributed by atoms with E-state index in [4.69, 9.17) is 0 Å². The number of nitrogens with zero attached hydrogens (tertiary/aromatic N) is 3. The average molecular weight is 435 g/mol. The fraction of sp³-hybridized carbons (Fsp3) is 0. The van der Waals surface area contributed by atoms with Gasteiger partial charge >= 0.3 is 0 Å². The highest BCUT2D eigenvalue weighted by Crippen LogP contribution is 2.29. The van der Waals surface area contributed by atoms with Crippen LogP contribution in [0.5, 0.6) is 0 Å². The summed E-state index contributed by atoms with van der Waals surface area (Å²) in [7, 11) is 0. The van der Waals surface area contributed by atoms with Crippen LogP contribution in [0.3, 0.4) is 0 Å². The van der Waals surface area contributed by atoms with Gasteiger partial charge in [0.15, 0.2) is 0 Å². The van der Waals surface area contributed by atoms with Crippen LogP contribution in [0.25, 0.3) is 21.9 Å². The highest BCUT2D eigenvalue weighted by atomic mass is 19.1. The van der Waals surface area contributed by atoms with Crippen molar-refractivity contribution >= 4 is 34.0 Å². The van der Waals surface area contributed by atoms with Crippen molar-refractivity contribution in [2.24, 2.45) is 0 Å². The summed E-state index contributed by atoms with van der Waals surface area (Å²) in [4.78, 5) is 25.5. The number of aromatic nitrogens is 3. The van der Waals surface area contributed by atoms with Gasteiger partial charge in [-0.3, -0.25) is 9.78 Å². The highest BCUT2D eigenvalue weighted by molar-refractivity contribution is 6.05. The van der Waals surface area contributed by atoms with Crippen LogP contribution in [0.4, 0.5) is 21.7 Å². The normalized spacial score (nSPS) is 10.7. The van der Waals surface area contributed by atoms with E-state index in [-0.39, 0.29) is 11.5 Å². The van der Waals surface area contributed by atoms with E-state index in [1.165, 1.54) is 24.5 Å². The van der Waals surface area contributed by atoms with E-state index in [9.17, 15) is 9.18 Å². The molecule has 0 saturated carbocycles. The van der Waals surface area contributed by atoms with Crippen molar-refractivity contribution in [3.8, 4) is 11.1 Å². The lowest BCUT2D eigenvalue weighted by Gasteiger charge is -2.12. The monoisotopic (exact) mass is 435 g/mol. The van der Waals surface area contributed by atoms with Gasteiger partial charge in [0.05, 0.1) is 11.9 Å². The van der Waals surface area contributed by atoms with Gasteiger partial charge in [0.25, 0.3) is 5.91 Å². The zero-order chi connectivity index (χ0) is 22.6. The Hall–Kier alpha value is -4.65. The van der Waals surface area contributed by atoms with E-state index in [0.29, 0.717) is 22.8 Å². The lowest BCUT2D eigenvalue weighted by atomic mass is 10.0. The topological polar surface area (TPSA) is 79.8 Å². The maximum atomic E-state index is 14.3. The van der Waals surface area contributed by atoms with Gasteiger partial charge in [-0.15, -0.1) is 0 Å². The summed E-state index contributed by atoms with van der Waals surface area (Å²) in [6, 6.07) is 23.5. The first-order valence-electron chi connectivity index (χ1n) is 10.3. The lowest BCUT2D eigenvalue weighted by molar-refractivity contribution is 0.102.